The van der Waals surface area contributed by atoms with Crippen LogP contribution in [0.3, 0.4) is 0 Å². The Bertz CT molecular complexity index is 1130. The number of benzene rings is 1. The van der Waals surface area contributed by atoms with Gasteiger partial charge in [0.05, 0.1) is 18.2 Å². The minimum atomic E-state index is -1.01. The molecule has 11 heteroatoms. The van der Waals surface area contributed by atoms with Gasteiger partial charge in [0.25, 0.3) is 0 Å². The maximum Gasteiger partial charge on any atom is 0.408 e. The number of nitriles is 1. The number of carbonyl (C=O) groups excluding carboxylic acids is 3. The Morgan fingerprint density at radius 1 is 1.19 bits per heavy atom. The van der Waals surface area contributed by atoms with Gasteiger partial charge in [0.2, 0.25) is 11.8 Å². The highest BCUT2D eigenvalue weighted by atomic mass is 19.1. The third-order valence-electron chi connectivity index (χ3n) is 7.31. The van der Waals surface area contributed by atoms with Crippen LogP contribution in [-0.2, 0) is 14.3 Å². The van der Waals surface area contributed by atoms with E-state index in [1.807, 2.05) is 4.90 Å². The van der Waals surface area contributed by atoms with Gasteiger partial charge in [-0.25, -0.2) is 13.6 Å². The van der Waals surface area contributed by atoms with Gasteiger partial charge in [0, 0.05) is 30.9 Å². The Kier molecular flexibility index (Phi) is 5.90. The lowest BCUT2D eigenvalue weighted by atomic mass is 10.1. The van der Waals surface area contributed by atoms with E-state index < -0.39 is 41.5 Å². The number of amides is 3. The fourth-order valence-electron chi connectivity index (χ4n) is 5.82. The summed E-state index contributed by atoms with van der Waals surface area (Å²) in [4.78, 5) is 44.2. The number of halogens is 2. The van der Waals surface area contributed by atoms with Crippen LogP contribution < -0.4 is 10.2 Å². The number of alkyl carbamates (subject to hydrolysis) is 1. The largest absolute Gasteiger partial charge is 0.444 e. The highest BCUT2D eigenvalue weighted by Crippen LogP contribution is 2.48. The van der Waals surface area contributed by atoms with Crippen molar-refractivity contribution in [2.75, 3.05) is 18.0 Å². The molecule has 3 heterocycles. The zero-order valence-corrected chi connectivity index (χ0v) is 20.4. The molecule has 1 aromatic rings. The molecular formula is C25H29F2N5O4. The van der Waals surface area contributed by atoms with Crippen LogP contribution in [0.2, 0.25) is 0 Å². The number of anilines is 1. The molecule has 3 aliphatic heterocycles. The van der Waals surface area contributed by atoms with Gasteiger partial charge in [-0.05, 0) is 58.1 Å². The van der Waals surface area contributed by atoms with E-state index in [1.54, 1.807) is 25.7 Å². The van der Waals surface area contributed by atoms with Crippen molar-refractivity contribution in [3.05, 3.63) is 29.8 Å². The zero-order chi connectivity index (χ0) is 25.9. The minimum Gasteiger partial charge on any atom is -0.444 e. The third-order valence-corrected chi connectivity index (χ3v) is 7.31. The predicted octanol–water partition coefficient (Wildman–Crippen LogP) is 2.16. The number of ether oxygens (including phenoxy) is 1. The van der Waals surface area contributed by atoms with Gasteiger partial charge in [-0.3, -0.25) is 14.5 Å². The topological polar surface area (TPSA) is 106 Å². The van der Waals surface area contributed by atoms with Crippen molar-refractivity contribution in [2.24, 2.45) is 5.92 Å². The van der Waals surface area contributed by atoms with Crippen LogP contribution in [0.15, 0.2) is 18.2 Å². The molecule has 5 rings (SSSR count). The minimum absolute atomic E-state index is 0.000104. The highest BCUT2D eigenvalue weighted by molar-refractivity contribution is 6.01. The summed E-state index contributed by atoms with van der Waals surface area (Å²) in [6, 6.07) is 2.75. The van der Waals surface area contributed by atoms with E-state index in [-0.39, 0.29) is 36.1 Å². The van der Waals surface area contributed by atoms with Gasteiger partial charge in [0.15, 0.2) is 0 Å². The van der Waals surface area contributed by atoms with Gasteiger partial charge < -0.3 is 19.9 Å². The molecule has 4 fully saturated rings. The standard InChI is InChI=1S/C25H29F2N5O4/c1-25(2,3)36-24(35)29-19(22(33)32-17(10-28)4-13-5-20(13)32)12-30-11-18-9-21(30)23(34)31(18)16-7-14(26)6-15(27)8-16/h6-8,13,17-21H,4-5,9,11-12H2,1-3H3,(H,29,35)/t13-,17+,18-,19+,20+,21-/m1/s1. The van der Waals surface area contributed by atoms with Crippen LogP contribution in [0.1, 0.15) is 40.0 Å². The van der Waals surface area contributed by atoms with E-state index in [4.69, 9.17) is 4.74 Å². The summed E-state index contributed by atoms with van der Waals surface area (Å²) >= 11 is 0. The van der Waals surface area contributed by atoms with Gasteiger partial charge in [-0.2, -0.15) is 5.26 Å². The lowest BCUT2D eigenvalue weighted by Crippen LogP contribution is -2.59. The molecule has 4 aliphatic rings. The maximum absolute atomic E-state index is 13.8. The molecule has 0 aromatic heterocycles. The monoisotopic (exact) mass is 501 g/mol. The number of hydrogen-bond acceptors (Lipinski definition) is 6. The highest BCUT2D eigenvalue weighted by Gasteiger charge is 2.56. The molecule has 0 unspecified atom stereocenters. The average Bonchev–Trinajstić information content (AvgIpc) is 3.10. The van der Waals surface area contributed by atoms with E-state index in [0.717, 1.165) is 24.6 Å². The number of piperidine rings is 1. The number of carbonyl (C=O) groups is 3. The molecule has 36 heavy (non-hydrogen) atoms. The molecule has 3 amide bonds. The van der Waals surface area contributed by atoms with E-state index in [9.17, 15) is 28.4 Å². The van der Waals surface area contributed by atoms with Crippen molar-refractivity contribution in [1.29, 1.82) is 5.26 Å². The van der Waals surface area contributed by atoms with Crippen LogP contribution in [-0.4, -0.2) is 76.6 Å². The van der Waals surface area contributed by atoms with Crippen molar-refractivity contribution < 1.29 is 27.9 Å². The molecule has 2 bridgehead atoms. The van der Waals surface area contributed by atoms with Crippen molar-refractivity contribution in [2.45, 2.75) is 75.8 Å². The summed E-state index contributed by atoms with van der Waals surface area (Å²) in [6.45, 7) is 5.58. The van der Waals surface area contributed by atoms with Crippen LogP contribution in [0.4, 0.5) is 19.3 Å². The molecule has 1 aromatic carbocycles. The first kappa shape index (κ1) is 24.4. The molecule has 1 N–H and O–H groups in total. The number of fused-ring (bicyclic) bond motifs is 3. The van der Waals surface area contributed by atoms with Gasteiger partial charge >= 0.3 is 6.09 Å². The quantitative estimate of drug-likeness (QED) is 0.663. The summed E-state index contributed by atoms with van der Waals surface area (Å²) in [5.74, 6) is -1.89. The first-order valence-corrected chi connectivity index (χ1v) is 12.2. The second kappa shape index (κ2) is 8.69. The fourth-order valence-corrected chi connectivity index (χ4v) is 5.82. The van der Waals surface area contributed by atoms with Crippen LogP contribution in [0.5, 0.6) is 0 Å². The normalized spacial score (nSPS) is 29.7. The Morgan fingerprint density at radius 3 is 2.50 bits per heavy atom. The summed E-state index contributed by atoms with van der Waals surface area (Å²) in [7, 11) is 0. The fraction of sp³-hybridized carbons (Fsp3) is 0.600. The Morgan fingerprint density at radius 2 is 1.89 bits per heavy atom. The Labute approximate surface area is 207 Å². The average molecular weight is 502 g/mol. The molecule has 192 valence electrons. The zero-order valence-electron chi connectivity index (χ0n) is 20.4. The summed E-state index contributed by atoms with van der Waals surface area (Å²) < 4.78 is 32.9. The maximum atomic E-state index is 13.8. The van der Waals surface area contributed by atoms with Crippen molar-refractivity contribution >= 4 is 23.6 Å². The summed E-state index contributed by atoms with van der Waals surface area (Å²) in [5, 5.41) is 12.2. The van der Waals surface area contributed by atoms with E-state index >= 15 is 0 Å². The number of nitrogens with zero attached hydrogens (tertiary/aromatic N) is 4. The van der Waals surface area contributed by atoms with E-state index in [1.165, 1.54) is 4.90 Å². The second-order valence-corrected chi connectivity index (χ2v) is 11.1. The molecule has 1 saturated carbocycles. The number of likely N-dealkylation sites (tertiary alicyclic amines) is 2. The third kappa shape index (κ3) is 4.50. The van der Waals surface area contributed by atoms with E-state index in [0.29, 0.717) is 25.3 Å². The van der Waals surface area contributed by atoms with Crippen LogP contribution >= 0.6 is 0 Å². The van der Waals surface area contributed by atoms with Gasteiger partial charge in [-0.1, -0.05) is 0 Å². The predicted molar refractivity (Wildman–Crippen MR) is 124 cm³/mol. The van der Waals surface area contributed by atoms with Gasteiger partial charge in [-0.15, -0.1) is 0 Å². The molecule has 1 aliphatic carbocycles. The summed E-state index contributed by atoms with van der Waals surface area (Å²) in [6.07, 6.45) is 1.15. The first-order chi connectivity index (χ1) is 16.9. The first-order valence-electron chi connectivity index (χ1n) is 12.2. The lowest BCUT2D eigenvalue weighted by Gasteiger charge is -2.36. The number of hydrogen-bond donors (Lipinski definition) is 1. The van der Waals surface area contributed by atoms with Crippen molar-refractivity contribution in [3.63, 3.8) is 0 Å². The summed E-state index contributed by atoms with van der Waals surface area (Å²) in [5.41, 5.74) is -0.608. The molecule has 3 saturated heterocycles. The Hall–Kier alpha value is -3.26. The molecule has 0 radical (unpaired) electrons. The number of piperazine rings is 1. The molecule has 6 atom stereocenters. The van der Waals surface area contributed by atoms with E-state index in [2.05, 4.69) is 11.4 Å². The smallest absolute Gasteiger partial charge is 0.408 e. The van der Waals surface area contributed by atoms with Gasteiger partial charge in [0.1, 0.15) is 29.3 Å². The molecular weight excluding hydrogens is 472 g/mol. The molecule has 9 nitrogen and oxygen atoms in total. The van der Waals surface area contributed by atoms with Crippen LogP contribution in [0.25, 0.3) is 0 Å². The van der Waals surface area contributed by atoms with Crippen molar-refractivity contribution in [1.82, 2.24) is 15.1 Å². The Balaban J connectivity index is 1.33. The van der Waals surface area contributed by atoms with Crippen molar-refractivity contribution in [3.8, 4) is 6.07 Å². The SMILES string of the molecule is CC(C)(C)OC(=O)N[C@@H](CN1C[C@H]2C[C@@H]1C(=O)N2c1cc(F)cc(F)c1)C(=O)N1[C@H](C#N)C[C@@H]2C[C@@H]21. The van der Waals surface area contributed by atoms with Crippen LogP contribution in [0, 0.1) is 28.9 Å². The lowest BCUT2D eigenvalue weighted by molar-refractivity contribution is -0.136. The number of nitrogens with one attached hydrogen (secondary N) is 1. The molecule has 0 spiro atoms. The second-order valence-electron chi connectivity index (χ2n) is 11.1. The number of rotatable bonds is 5.